The number of carbonyl (C=O) groups is 1. The Morgan fingerprint density at radius 2 is 2.00 bits per heavy atom. The molecule has 1 aliphatic rings. The van der Waals surface area contributed by atoms with Crippen LogP contribution in [0.15, 0.2) is 12.1 Å². The van der Waals surface area contributed by atoms with Crippen molar-refractivity contribution in [3.63, 3.8) is 0 Å². The first-order valence-corrected chi connectivity index (χ1v) is 6.04. The van der Waals surface area contributed by atoms with E-state index < -0.39 is 17.3 Å². The number of aryl methyl sites for hydroxylation is 1. The van der Waals surface area contributed by atoms with E-state index in [9.17, 15) is 18.7 Å². The summed E-state index contributed by atoms with van der Waals surface area (Å²) in [4.78, 5) is 11.4. The van der Waals surface area contributed by atoms with Crippen molar-refractivity contribution in [2.75, 3.05) is 7.11 Å². The van der Waals surface area contributed by atoms with Gasteiger partial charge in [-0.3, -0.25) is 4.79 Å². The van der Waals surface area contributed by atoms with Crippen LogP contribution < -0.4 is 4.74 Å². The molecule has 5 heteroatoms. The number of methoxy groups -OCH3 is 1. The van der Waals surface area contributed by atoms with E-state index in [4.69, 9.17) is 4.74 Å². The molecule has 1 N–H and O–H groups in total. The number of benzene rings is 1. The van der Waals surface area contributed by atoms with Crippen molar-refractivity contribution in [3.8, 4) is 5.75 Å². The molecule has 0 amide bonds. The van der Waals surface area contributed by atoms with Gasteiger partial charge in [-0.05, 0) is 31.4 Å². The molecule has 1 fully saturated rings. The number of hydrogen-bond donors (Lipinski definition) is 1. The van der Waals surface area contributed by atoms with Crippen LogP contribution in [0.4, 0.5) is 8.78 Å². The van der Waals surface area contributed by atoms with Gasteiger partial charge in [-0.1, -0.05) is 6.07 Å². The van der Waals surface area contributed by atoms with Crippen LogP contribution in [0, 0.1) is 6.92 Å². The highest BCUT2D eigenvalue weighted by Crippen LogP contribution is 2.54. The Bertz CT molecular complexity index is 528. The number of alkyl halides is 2. The van der Waals surface area contributed by atoms with Crippen molar-refractivity contribution >= 4 is 5.97 Å². The standard InChI is InChI=1S/C14H16F2O3/c1-8-4-5-9(13(2,15)16)11(19-3)10(8)14(6-7-14)12(17)18/h4-5H,6-7H2,1-3H3,(H,17,18). The number of carboxylic acids is 1. The molecule has 0 saturated heterocycles. The molecule has 0 aromatic heterocycles. The minimum Gasteiger partial charge on any atom is -0.496 e. The largest absolute Gasteiger partial charge is 0.496 e. The van der Waals surface area contributed by atoms with E-state index in [1.165, 1.54) is 19.2 Å². The predicted molar refractivity (Wildman–Crippen MR) is 65.8 cm³/mol. The molecule has 1 aromatic rings. The highest BCUT2D eigenvalue weighted by Gasteiger charge is 2.55. The second-order valence-corrected chi connectivity index (χ2v) is 5.11. The third-order valence-corrected chi connectivity index (χ3v) is 3.68. The normalized spacial score (nSPS) is 17.1. The zero-order valence-corrected chi connectivity index (χ0v) is 11.1. The van der Waals surface area contributed by atoms with E-state index in [1.54, 1.807) is 6.92 Å². The first-order chi connectivity index (χ1) is 8.74. The second-order valence-electron chi connectivity index (χ2n) is 5.11. The fourth-order valence-electron chi connectivity index (χ4n) is 2.53. The summed E-state index contributed by atoms with van der Waals surface area (Å²) in [6.07, 6.45) is 0.913. The zero-order chi connectivity index (χ0) is 14.4. The Morgan fingerprint density at radius 3 is 2.37 bits per heavy atom. The van der Waals surface area contributed by atoms with Gasteiger partial charge < -0.3 is 9.84 Å². The van der Waals surface area contributed by atoms with E-state index in [0.717, 1.165) is 6.92 Å². The van der Waals surface area contributed by atoms with Gasteiger partial charge in [0, 0.05) is 12.5 Å². The predicted octanol–water partition coefficient (Wildman–Crippen LogP) is 3.23. The molecule has 1 aromatic carbocycles. The van der Waals surface area contributed by atoms with E-state index in [0.29, 0.717) is 24.0 Å². The smallest absolute Gasteiger partial charge is 0.314 e. The molecule has 2 rings (SSSR count). The number of halogens is 2. The summed E-state index contributed by atoms with van der Waals surface area (Å²) in [5.74, 6) is -4.04. The van der Waals surface area contributed by atoms with E-state index in [2.05, 4.69) is 0 Å². The first-order valence-electron chi connectivity index (χ1n) is 6.04. The molecule has 1 saturated carbocycles. The molecular formula is C14H16F2O3. The summed E-state index contributed by atoms with van der Waals surface area (Å²) in [5.41, 5.74) is -0.258. The lowest BCUT2D eigenvalue weighted by Crippen LogP contribution is -2.23. The summed E-state index contributed by atoms with van der Waals surface area (Å²) >= 11 is 0. The number of ether oxygens (including phenoxy) is 1. The van der Waals surface area contributed by atoms with Gasteiger partial charge in [0.2, 0.25) is 0 Å². The lowest BCUT2D eigenvalue weighted by Gasteiger charge is -2.23. The van der Waals surface area contributed by atoms with Crippen molar-refractivity contribution in [1.29, 1.82) is 0 Å². The van der Waals surface area contributed by atoms with Crippen LogP contribution in [-0.2, 0) is 16.1 Å². The molecule has 0 radical (unpaired) electrons. The van der Waals surface area contributed by atoms with E-state index >= 15 is 0 Å². The van der Waals surface area contributed by atoms with Gasteiger partial charge in [-0.2, -0.15) is 0 Å². The number of hydrogen-bond acceptors (Lipinski definition) is 2. The highest BCUT2D eigenvalue weighted by molar-refractivity contribution is 5.87. The van der Waals surface area contributed by atoms with Crippen molar-refractivity contribution in [3.05, 3.63) is 28.8 Å². The van der Waals surface area contributed by atoms with Crippen LogP contribution in [0.3, 0.4) is 0 Å². The molecule has 0 atom stereocenters. The first kappa shape index (κ1) is 13.8. The van der Waals surface area contributed by atoms with Gasteiger partial charge >= 0.3 is 5.97 Å². The quantitative estimate of drug-likeness (QED) is 0.913. The number of carboxylic acid groups (broad SMARTS) is 1. The van der Waals surface area contributed by atoms with Crippen LogP contribution in [0.1, 0.15) is 36.5 Å². The third-order valence-electron chi connectivity index (χ3n) is 3.68. The summed E-state index contributed by atoms with van der Waals surface area (Å²) in [7, 11) is 1.30. The van der Waals surface area contributed by atoms with Crippen LogP contribution in [0.2, 0.25) is 0 Å². The monoisotopic (exact) mass is 270 g/mol. The summed E-state index contributed by atoms with van der Waals surface area (Å²) in [5, 5.41) is 9.35. The lowest BCUT2D eigenvalue weighted by atomic mass is 9.88. The number of aliphatic carboxylic acids is 1. The summed E-state index contributed by atoms with van der Waals surface area (Å²) in [6.45, 7) is 2.50. The molecule has 0 aliphatic heterocycles. The van der Waals surface area contributed by atoms with E-state index in [1.807, 2.05) is 0 Å². The summed E-state index contributed by atoms with van der Waals surface area (Å²) in [6, 6.07) is 2.84. The molecule has 0 bridgehead atoms. The molecule has 19 heavy (non-hydrogen) atoms. The average Bonchev–Trinajstić information content (AvgIpc) is 3.07. The zero-order valence-electron chi connectivity index (χ0n) is 11.1. The lowest BCUT2D eigenvalue weighted by molar-refractivity contribution is -0.140. The van der Waals surface area contributed by atoms with Gasteiger partial charge in [-0.15, -0.1) is 0 Å². The molecule has 0 heterocycles. The maximum Gasteiger partial charge on any atom is 0.314 e. The van der Waals surface area contributed by atoms with Gasteiger partial charge in [-0.25, -0.2) is 8.78 Å². The Kier molecular flexibility index (Phi) is 3.03. The Labute approximate surface area is 110 Å². The maximum absolute atomic E-state index is 13.6. The van der Waals surface area contributed by atoms with Crippen molar-refractivity contribution < 1.29 is 23.4 Å². The molecule has 104 valence electrons. The SMILES string of the molecule is COc1c(C(C)(F)F)ccc(C)c1C1(C(=O)O)CC1. The Morgan fingerprint density at radius 1 is 1.42 bits per heavy atom. The van der Waals surface area contributed by atoms with Gasteiger partial charge in [0.1, 0.15) is 5.75 Å². The minimum absolute atomic E-state index is 0.00685. The highest BCUT2D eigenvalue weighted by atomic mass is 19.3. The Hall–Kier alpha value is -1.65. The fraction of sp³-hybridized carbons (Fsp3) is 0.500. The fourth-order valence-corrected chi connectivity index (χ4v) is 2.53. The third kappa shape index (κ3) is 2.07. The van der Waals surface area contributed by atoms with Gasteiger partial charge in [0.15, 0.2) is 0 Å². The Balaban J connectivity index is 2.70. The summed E-state index contributed by atoms with van der Waals surface area (Å²) < 4.78 is 32.3. The molecule has 3 nitrogen and oxygen atoms in total. The van der Waals surface area contributed by atoms with Gasteiger partial charge in [0.05, 0.1) is 18.1 Å². The molecule has 1 aliphatic carbocycles. The second kappa shape index (κ2) is 4.18. The number of rotatable bonds is 4. The van der Waals surface area contributed by atoms with Crippen LogP contribution in [0.25, 0.3) is 0 Å². The minimum atomic E-state index is -3.07. The molecule has 0 spiro atoms. The molecular weight excluding hydrogens is 254 g/mol. The van der Waals surface area contributed by atoms with E-state index in [-0.39, 0.29) is 11.3 Å². The van der Waals surface area contributed by atoms with Crippen molar-refractivity contribution in [2.45, 2.75) is 38.0 Å². The molecule has 0 unspecified atom stereocenters. The van der Waals surface area contributed by atoms with Crippen LogP contribution in [-0.4, -0.2) is 18.2 Å². The van der Waals surface area contributed by atoms with Crippen molar-refractivity contribution in [1.82, 2.24) is 0 Å². The average molecular weight is 270 g/mol. The van der Waals surface area contributed by atoms with Crippen LogP contribution >= 0.6 is 0 Å². The van der Waals surface area contributed by atoms with Gasteiger partial charge in [0.25, 0.3) is 5.92 Å². The van der Waals surface area contributed by atoms with Crippen LogP contribution in [0.5, 0.6) is 5.75 Å². The maximum atomic E-state index is 13.6. The van der Waals surface area contributed by atoms with Crippen molar-refractivity contribution in [2.24, 2.45) is 0 Å². The topological polar surface area (TPSA) is 46.5 Å².